The summed E-state index contributed by atoms with van der Waals surface area (Å²) in [6, 6.07) is 14.7. The predicted molar refractivity (Wildman–Crippen MR) is 116 cm³/mol. The maximum Gasteiger partial charge on any atom is 0.253 e. The van der Waals surface area contributed by atoms with Gasteiger partial charge in [-0.3, -0.25) is 9.59 Å². The van der Waals surface area contributed by atoms with E-state index in [0.29, 0.717) is 36.9 Å². The molecule has 0 aliphatic carbocycles. The third-order valence-corrected chi connectivity index (χ3v) is 4.17. The van der Waals surface area contributed by atoms with Gasteiger partial charge in [0.25, 0.3) is 5.91 Å². The first-order valence-corrected chi connectivity index (χ1v) is 9.77. The van der Waals surface area contributed by atoms with Crippen LogP contribution in [0.5, 0.6) is 5.75 Å². The van der Waals surface area contributed by atoms with E-state index in [2.05, 4.69) is 19.2 Å². The molecule has 0 unspecified atom stereocenters. The van der Waals surface area contributed by atoms with Gasteiger partial charge < -0.3 is 19.9 Å². The van der Waals surface area contributed by atoms with Crippen LogP contribution < -0.4 is 10.1 Å². The molecule has 2 rings (SSSR count). The third kappa shape index (κ3) is 7.23. The standard InChI is InChI=1S/C23H31N3O3/c1-17(2)16-29-21-9-7-6-8-19(21)14-26(5)23(28)18-10-12-20(13-11-18)24-22(27)15-25(3)4/h6-13,17H,14-16H2,1-5H3,(H,24,27). The highest BCUT2D eigenvalue weighted by atomic mass is 16.5. The summed E-state index contributed by atoms with van der Waals surface area (Å²) in [5, 5.41) is 2.82. The van der Waals surface area contributed by atoms with Crippen molar-refractivity contribution in [2.24, 2.45) is 5.92 Å². The quantitative estimate of drug-likeness (QED) is 0.704. The number of rotatable bonds is 9. The number of amides is 2. The number of nitrogens with zero attached hydrogens (tertiary/aromatic N) is 2. The second kappa shape index (κ2) is 10.6. The van der Waals surface area contributed by atoms with Crippen molar-refractivity contribution >= 4 is 17.5 Å². The molecule has 0 saturated carbocycles. The van der Waals surface area contributed by atoms with E-state index in [0.717, 1.165) is 11.3 Å². The molecular formula is C23H31N3O3. The van der Waals surface area contributed by atoms with Crippen LogP contribution in [0.4, 0.5) is 5.69 Å². The van der Waals surface area contributed by atoms with Crippen LogP contribution in [0.15, 0.2) is 48.5 Å². The Morgan fingerprint density at radius 2 is 1.66 bits per heavy atom. The lowest BCUT2D eigenvalue weighted by Gasteiger charge is -2.20. The fourth-order valence-electron chi connectivity index (χ4n) is 2.76. The summed E-state index contributed by atoms with van der Waals surface area (Å²) in [5.41, 5.74) is 2.21. The fourth-order valence-corrected chi connectivity index (χ4v) is 2.76. The van der Waals surface area contributed by atoms with E-state index in [4.69, 9.17) is 4.74 Å². The number of nitrogens with one attached hydrogen (secondary N) is 1. The molecule has 0 aliphatic heterocycles. The van der Waals surface area contributed by atoms with Gasteiger partial charge in [0, 0.05) is 30.4 Å². The van der Waals surface area contributed by atoms with Crippen molar-refractivity contribution in [1.82, 2.24) is 9.80 Å². The number of benzene rings is 2. The summed E-state index contributed by atoms with van der Waals surface area (Å²) < 4.78 is 5.88. The topological polar surface area (TPSA) is 61.9 Å². The average molecular weight is 398 g/mol. The number of carbonyl (C=O) groups is 2. The van der Waals surface area contributed by atoms with Crippen molar-refractivity contribution in [3.63, 3.8) is 0 Å². The lowest BCUT2D eigenvalue weighted by Crippen LogP contribution is -2.27. The molecule has 0 radical (unpaired) electrons. The van der Waals surface area contributed by atoms with E-state index in [9.17, 15) is 9.59 Å². The summed E-state index contributed by atoms with van der Waals surface area (Å²) in [7, 11) is 5.45. The van der Waals surface area contributed by atoms with E-state index in [1.54, 1.807) is 41.1 Å². The van der Waals surface area contributed by atoms with Crippen molar-refractivity contribution in [1.29, 1.82) is 0 Å². The normalized spacial score (nSPS) is 10.9. The van der Waals surface area contributed by atoms with Crippen LogP contribution in [0.2, 0.25) is 0 Å². The average Bonchev–Trinajstić information content (AvgIpc) is 2.66. The van der Waals surface area contributed by atoms with Crippen LogP contribution in [-0.4, -0.2) is 55.9 Å². The summed E-state index contributed by atoms with van der Waals surface area (Å²) >= 11 is 0. The van der Waals surface area contributed by atoms with E-state index in [-0.39, 0.29) is 11.8 Å². The second-order valence-corrected chi connectivity index (χ2v) is 7.84. The Balaban J connectivity index is 2.01. The molecule has 0 fully saturated rings. The van der Waals surface area contributed by atoms with Gasteiger partial charge in [0.05, 0.1) is 13.2 Å². The lowest BCUT2D eigenvalue weighted by molar-refractivity contribution is -0.116. The zero-order valence-electron chi connectivity index (χ0n) is 17.9. The molecule has 0 atom stereocenters. The number of likely N-dealkylation sites (N-methyl/N-ethyl adjacent to an activating group) is 1. The Hall–Kier alpha value is -2.86. The van der Waals surface area contributed by atoms with Gasteiger partial charge in [-0.05, 0) is 50.3 Å². The maximum absolute atomic E-state index is 12.8. The highest BCUT2D eigenvalue weighted by Gasteiger charge is 2.15. The molecular weight excluding hydrogens is 366 g/mol. The molecule has 0 saturated heterocycles. The van der Waals surface area contributed by atoms with Crippen molar-refractivity contribution < 1.29 is 14.3 Å². The van der Waals surface area contributed by atoms with Gasteiger partial charge >= 0.3 is 0 Å². The first kappa shape index (κ1) is 22.4. The number of hydrogen-bond donors (Lipinski definition) is 1. The second-order valence-electron chi connectivity index (χ2n) is 7.84. The van der Waals surface area contributed by atoms with E-state index in [1.165, 1.54) is 0 Å². The van der Waals surface area contributed by atoms with Crippen molar-refractivity contribution in [3.05, 3.63) is 59.7 Å². The minimum Gasteiger partial charge on any atom is -0.493 e. The molecule has 2 aromatic rings. The Kier molecular flexibility index (Phi) is 8.21. The molecule has 0 bridgehead atoms. The van der Waals surface area contributed by atoms with Crippen LogP contribution >= 0.6 is 0 Å². The van der Waals surface area contributed by atoms with E-state index >= 15 is 0 Å². The molecule has 2 aromatic carbocycles. The fraction of sp³-hybridized carbons (Fsp3) is 0.391. The first-order valence-electron chi connectivity index (χ1n) is 9.77. The number of ether oxygens (including phenoxy) is 1. The molecule has 29 heavy (non-hydrogen) atoms. The lowest BCUT2D eigenvalue weighted by atomic mass is 10.1. The maximum atomic E-state index is 12.8. The molecule has 0 aromatic heterocycles. The van der Waals surface area contributed by atoms with Crippen molar-refractivity contribution in [2.45, 2.75) is 20.4 Å². The van der Waals surface area contributed by atoms with Crippen LogP contribution in [0.25, 0.3) is 0 Å². The zero-order valence-corrected chi connectivity index (χ0v) is 17.9. The molecule has 2 amide bonds. The Morgan fingerprint density at radius 1 is 1.00 bits per heavy atom. The summed E-state index contributed by atoms with van der Waals surface area (Å²) in [5.74, 6) is 1.05. The van der Waals surface area contributed by atoms with Crippen LogP contribution in [0, 0.1) is 5.92 Å². The van der Waals surface area contributed by atoms with E-state index in [1.807, 2.05) is 38.4 Å². The summed E-state index contributed by atoms with van der Waals surface area (Å²) in [6.07, 6.45) is 0. The molecule has 0 spiro atoms. The van der Waals surface area contributed by atoms with Crippen LogP contribution in [0.3, 0.4) is 0 Å². The molecule has 6 nitrogen and oxygen atoms in total. The Morgan fingerprint density at radius 3 is 2.28 bits per heavy atom. The SMILES string of the molecule is CC(C)COc1ccccc1CN(C)C(=O)c1ccc(NC(=O)CN(C)C)cc1. The monoisotopic (exact) mass is 397 g/mol. The van der Waals surface area contributed by atoms with Gasteiger partial charge in [-0.25, -0.2) is 0 Å². The first-order chi connectivity index (χ1) is 13.8. The minimum atomic E-state index is -0.0933. The summed E-state index contributed by atoms with van der Waals surface area (Å²) in [6.45, 7) is 5.60. The number of hydrogen-bond acceptors (Lipinski definition) is 4. The Labute approximate surface area is 173 Å². The Bertz CT molecular complexity index is 816. The number of carbonyl (C=O) groups excluding carboxylic acids is 2. The predicted octanol–water partition coefficient (Wildman–Crippen LogP) is 3.49. The largest absolute Gasteiger partial charge is 0.493 e. The minimum absolute atomic E-state index is 0.0881. The van der Waals surface area contributed by atoms with Crippen LogP contribution in [-0.2, 0) is 11.3 Å². The molecule has 0 aliphatic rings. The van der Waals surface area contributed by atoms with Gasteiger partial charge in [-0.15, -0.1) is 0 Å². The highest BCUT2D eigenvalue weighted by molar-refractivity contribution is 5.96. The van der Waals surface area contributed by atoms with Gasteiger partial charge in [-0.2, -0.15) is 0 Å². The van der Waals surface area contributed by atoms with Crippen LogP contribution in [0.1, 0.15) is 29.8 Å². The van der Waals surface area contributed by atoms with E-state index < -0.39 is 0 Å². The highest BCUT2D eigenvalue weighted by Crippen LogP contribution is 2.21. The van der Waals surface area contributed by atoms with Gasteiger partial charge in [0.1, 0.15) is 5.75 Å². The molecule has 156 valence electrons. The molecule has 6 heteroatoms. The van der Waals surface area contributed by atoms with Gasteiger partial charge in [0.2, 0.25) is 5.91 Å². The van der Waals surface area contributed by atoms with Gasteiger partial charge in [-0.1, -0.05) is 32.0 Å². The van der Waals surface area contributed by atoms with Crippen molar-refractivity contribution in [2.75, 3.05) is 39.6 Å². The molecule has 1 N–H and O–H groups in total. The number of anilines is 1. The summed E-state index contributed by atoms with van der Waals surface area (Å²) in [4.78, 5) is 28.1. The zero-order chi connectivity index (χ0) is 21.4. The third-order valence-electron chi connectivity index (χ3n) is 4.17. The van der Waals surface area contributed by atoms with Gasteiger partial charge in [0.15, 0.2) is 0 Å². The molecule has 0 heterocycles. The smallest absolute Gasteiger partial charge is 0.253 e. The van der Waals surface area contributed by atoms with Crippen molar-refractivity contribution in [3.8, 4) is 5.75 Å². The number of para-hydroxylation sites is 1.